The number of aryl methyl sites for hydroxylation is 1. The number of carbonyl (C=O) groups is 1. The summed E-state index contributed by atoms with van der Waals surface area (Å²) in [6.07, 6.45) is 3.52. The molecule has 3 aromatic rings. The van der Waals surface area contributed by atoms with Gasteiger partial charge in [-0.05, 0) is 49.9 Å². The van der Waals surface area contributed by atoms with E-state index in [1.807, 2.05) is 35.5 Å². The number of ether oxygens (including phenoxy) is 1. The summed E-state index contributed by atoms with van der Waals surface area (Å²) >= 11 is 1.60. The van der Waals surface area contributed by atoms with Gasteiger partial charge >= 0.3 is 0 Å². The van der Waals surface area contributed by atoms with E-state index in [9.17, 15) is 9.90 Å². The number of anilines is 1. The number of aromatic nitrogens is 1. The molecule has 2 aromatic carbocycles. The van der Waals surface area contributed by atoms with Crippen molar-refractivity contribution in [3.05, 3.63) is 70.2 Å². The lowest BCUT2D eigenvalue weighted by atomic mass is 9.97. The summed E-state index contributed by atoms with van der Waals surface area (Å²) in [5, 5.41) is 20.3. The van der Waals surface area contributed by atoms with Crippen LogP contribution in [0, 0.1) is 0 Å². The molecule has 3 atom stereocenters. The Bertz CT molecular complexity index is 1190. The monoisotopic (exact) mass is 520 g/mol. The molecule has 2 aliphatic rings. The van der Waals surface area contributed by atoms with Crippen molar-refractivity contribution in [1.29, 1.82) is 0 Å². The molecule has 2 aliphatic heterocycles. The molecule has 0 bridgehead atoms. The van der Waals surface area contributed by atoms with Crippen molar-refractivity contribution >= 4 is 22.9 Å². The number of epoxide rings is 1. The molecule has 2 fully saturated rings. The van der Waals surface area contributed by atoms with Crippen molar-refractivity contribution < 1.29 is 14.6 Å². The highest BCUT2D eigenvalue weighted by Crippen LogP contribution is 2.34. The van der Waals surface area contributed by atoms with Crippen LogP contribution in [-0.4, -0.2) is 53.4 Å². The highest BCUT2D eigenvalue weighted by atomic mass is 32.1. The first-order chi connectivity index (χ1) is 18.1. The van der Waals surface area contributed by atoms with Crippen LogP contribution in [0.2, 0.25) is 0 Å². The predicted octanol–water partition coefficient (Wildman–Crippen LogP) is 4.91. The number of aliphatic hydroxyl groups is 1. The van der Waals surface area contributed by atoms with Gasteiger partial charge in [0, 0.05) is 42.1 Å². The van der Waals surface area contributed by atoms with Crippen LogP contribution in [0.4, 0.5) is 5.69 Å². The average Bonchev–Trinajstić information content (AvgIpc) is 3.53. The van der Waals surface area contributed by atoms with Gasteiger partial charge in [0.25, 0.3) is 0 Å². The van der Waals surface area contributed by atoms with Gasteiger partial charge in [0.15, 0.2) is 6.23 Å². The Hall–Kier alpha value is -2.78. The van der Waals surface area contributed by atoms with Crippen LogP contribution in [0.3, 0.4) is 0 Å². The minimum atomic E-state index is -0.895. The van der Waals surface area contributed by atoms with Gasteiger partial charge in [-0.1, -0.05) is 49.4 Å². The van der Waals surface area contributed by atoms with Gasteiger partial charge in [0.2, 0.25) is 5.91 Å². The Balaban J connectivity index is 1.16. The van der Waals surface area contributed by atoms with Gasteiger partial charge in [0.1, 0.15) is 11.9 Å². The molecule has 5 rings (SSSR count). The number of nitrogens with one attached hydrogen (secondary N) is 2. The number of hydrogen-bond acceptors (Lipinski definition) is 7. The maximum atomic E-state index is 12.6. The second-order valence-electron chi connectivity index (χ2n) is 9.83. The van der Waals surface area contributed by atoms with Crippen molar-refractivity contribution in [3.63, 3.8) is 0 Å². The largest absolute Gasteiger partial charge is 0.368 e. The van der Waals surface area contributed by atoms with Crippen LogP contribution >= 0.6 is 11.3 Å². The fraction of sp³-hybridized carbons (Fsp3) is 0.448. The molecule has 2 unspecified atom stereocenters. The zero-order valence-electron chi connectivity index (χ0n) is 21.5. The summed E-state index contributed by atoms with van der Waals surface area (Å²) in [4.78, 5) is 19.4. The minimum absolute atomic E-state index is 0.114. The van der Waals surface area contributed by atoms with E-state index in [1.54, 1.807) is 11.3 Å². The molecule has 0 spiro atoms. The lowest BCUT2D eigenvalue weighted by Gasteiger charge is -2.31. The predicted molar refractivity (Wildman–Crippen MR) is 147 cm³/mol. The lowest BCUT2D eigenvalue weighted by molar-refractivity contribution is -0.132. The summed E-state index contributed by atoms with van der Waals surface area (Å²) in [6, 6.07) is 16.6. The van der Waals surface area contributed by atoms with Gasteiger partial charge in [-0.2, -0.15) is 0 Å². The van der Waals surface area contributed by atoms with Crippen molar-refractivity contribution in [1.82, 2.24) is 15.2 Å². The molecule has 3 heterocycles. The maximum Gasteiger partial charge on any atom is 0.222 e. The number of thiazole rings is 1. The normalized spacial score (nSPS) is 20.6. The highest BCUT2D eigenvalue weighted by molar-refractivity contribution is 7.09. The number of piperidine rings is 1. The summed E-state index contributed by atoms with van der Waals surface area (Å²) in [5.41, 5.74) is 4.97. The molecular weight excluding hydrogens is 484 g/mol. The fourth-order valence-corrected chi connectivity index (χ4v) is 6.04. The Kier molecular flexibility index (Phi) is 8.20. The van der Waals surface area contributed by atoms with E-state index in [1.165, 1.54) is 5.56 Å². The Morgan fingerprint density at radius 1 is 1.19 bits per heavy atom. The Morgan fingerprint density at radius 2 is 1.95 bits per heavy atom. The third-order valence-corrected chi connectivity index (χ3v) is 8.44. The second kappa shape index (κ2) is 11.7. The number of aliphatic hydroxyl groups excluding tert-OH is 1. The van der Waals surface area contributed by atoms with Crippen molar-refractivity contribution in [2.24, 2.45) is 0 Å². The molecule has 2 saturated heterocycles. The molecule has 37 heavy (non-hydrogen) atoms. The van der Waals surface area contributed by atoms with E-state index < -0.39 is 6.23 Å². The molecule has 196 valence electrons. The molecule has 8 heteroatoms. The molecule has 0 saturated carbocycles. The molecule has 0 aliphatic carbocycles. The number of amides is 1. The van der Waals surface area contributed by atoms with Gasteiger partial charge < -0.3 is 20.1 Å². The number of carbonyl (C=O) groups excluding carboxylic acids is 1. The zero-order valence-corrected chi connectivity index (χ0v) is 22.3. The first-order valence-corrected chi connectivity index (χ1v) is 14.1. The van der Waals surface area contributed by atoms with Crippen LogP contribution in [0.15, 0.2) is 53.9 Å². The van der Waals surface area contributed by atoms with Crippen molar-refractivity contribution in [2.45, 2.75) is 63.5 Å². The molecule has 1 amide bonds. The molecule has 1 aromatic heterocycles. The van der Waals surface area contributed by atoms with Gasteiger partial charge in [0.05, 0.1) is 11.1 Å². The summed E-state index contributed by atoms with van der Waals surface area (Å²) in [6.45, 7) is 3.66. The fourth-order valence-electron chi connectivity index (χ4n) is 5.03. The summed E-state index contributed by atoms with van der Waals surface area (Å²) < 4.78 is 5.46. The Labute approximate surface area is 222 Å². The van der Waals surface area contributed by atoms with Crippen LogP contribution in [0.25, 0.3) is 11.1 Å². The van der Waals surface area contributed by atoms with Gasteiger partial charge in [-0.3, -0.25) is 10.1 Å². The topological polar surface area (TPSA) is 90.0 Å². The smallest absolute Gasteiger partial charge is 0.222 e. The van der Waals surface area contributed by atoms with Crippen molar-refractivity contribution in [2.75, 3.05) is 25.5 Å². The number of benzene rings is 2. The first-order valence-electron chi connectivity index (χ1n) is 13.2. The Morgan fingerprint density at radius 3 is 2.65 bits per heavy atom. The number of para-hydroxylation sites is 1. The minimum Gasteiger partial charge on any atom is -0.368 e. The number of likely N-dealkylation sites (tertiary alicyclic amines) is 1. The molecule has 7 nitrogen and oxygen atoms in total. The number of nitrogens with zero attached hydrogens (tertiary/aromatic N) is 2. The first kappa shape index (κ1) is 25.9. The van der Waals surface area contributed by atoms with Crippen LogP contribution in [0.1, 0.15) is 61.0 Å². The lowest BCUT2D eigenvalue weighted by Crippen LogP contribution is -2.38. The number of hydrogen-bond donors (Lipinski definition) is 3. The SMILES string of the molecule is CCc1ccc(-c2ccccc2NC(O)c2csc(C3CCN(C(=O)CC[C@@H]4OC4NC)CC3)n2)cc1. The van der Waals surface area contributed by atoms with Crippen LogP contribution < -0.4 is 10.6 Å². The molecular formula is C29H36N4O3S. The second-order valence-corrected chi connectivity index (χ2v) is 10.7. The van der Waals surface area contributed by atoms with E-state index >= 15 is 0 Å². The molecule has 0 radical (unpaired) electrons. The highest BCUT2D eigenvalue weighted by Gasteiger charge is 2.37. The summed E-state index contributed by atoms with van der Waals surface area (Å²) in [5.74, 6) is 0.533. The van der Waals surface area contributed by atoms with E-state index in [0.29, 0.717) is 18.0 Å². The van der Waals surface area contributed by atoms with Gasteiger partial charge in [-0.15, -0.1) is 11.3 Å². The van der Waals surface area contributed by atoms with E-state index in [0.717, 1.165) is 60.6 Å². The standard InChI is InChI=1S/C29H36N4O3S/c1-3-19-8-10-20(11-9-19)22-6-4-5-7-23(22)31-27(35)24-18-37-29(32-24)21-14-16-33(17-15-21)26(34)13-12-25-28(30-2)36-25/h4-11,18,21,25,27-28,30-31,35H,3,12-17H2,1-2H3/t25-,27?,28?/m0/s1. The third-order valence-electron chi connectivity index (χ3n) is 7.42. The van der Waals surface area contributed by atoms with Crippen LogP contribution in [-0.2, 0) is 16.0 Å². The number of rotatable bonds is 10. The molecule has 3 N–H and O–H groups in total. The van der Waals surface area contributed by atoms with E-state index in [-0.39, 0.29) is 18.2 Å². The van der Waals surface area contributed by atoms with E-state index in [4.69, 9.17) is 9.72 Å². The van der Waals surface area contributed by atoms with Crippen LogP contribution in [0.5, 0.6) is 0 Å². The van der Waals surface area contributed by atoms with E-state index in [2.05, 4.69) is 47.9 Å². The van der Waals surface area contributed by atoms with Gasteiger partial charge in [-0.25, -0.2) is 4.98 Å². The zero-order chi connectivity index (χ0) is 25.8. The third kappa shape index (κ3) is 6.21. The number of likely N-dealkylation sites (N-methyl/N-ethyl adjacent to an activating group) is 1. The summed E-state index contributed by atoms with van der Waals surface area (Å²) in [7, 11) is 1.88. The van der Waals surface area contributed by atoms with Crippen molar-refractivity contribution in [3.8, 4) is 11.1 Å². The average molecular weight is 521 g/mol. The quantitative estimate of drug-likeness (QED) is 0.260. The maximum absolute atomic E-state index is 12.6.